The Morgan fingerprint density at radius 1 is 1.20 bits per heavy atom. The average Bonchev–Trinajstić information content (AvgIpc) is 2.56. The minimum absolute atomic E-state index is 0.270. The highest BCUT2D eigenvalue weighted by atomic mass is 16.7. The Labute approximate surface area is 90.7 Å². The van der Waals surface area contributed by atoms with Gasteiger partial charge in [0.05, 0.1) is 22.9 Å². The first kappa shape index (κ1) is 10.7. The molecule has 1 aliphatic rings. The van der Waals surface area contributed by atoms with Crippen molar-refractivity contribution in [2.24, 2.45) is 7.05 Å². The zero-order valence-corrected chi connectivity index (χ0v) is 10.00. The van der Waals surface area contributed by atoms with Crippen LogP contribution in [0.25, 0.3) is 0 Å². The monoisotopic (exact) mass is 209 g/mol. The van der Waals surface area contributed by atoms with E-state index in [1.807, 2.05) is 24.1 Å². The van der Waals surface area contributed by atoms with Crippen LogP contribution in [0.15, 0.2) is 12.4 Å². The second-order valence-electron chi connectivity index (χ2n) is 5.10. The van der Waals surface area contributed by atoms with Crippen LogP contribution in [0.4, 0.5) is 0 Å². The third kappa shape index (κ3) is 1.70. The van der Waals surface area contributed by atoms with Crippen molar-refractivity contribution in [2.45, 2.75) is 38.9 Å². The van der Waals surface area contributed by atoms with Crippen molar-refractivity contribution in [3.05, 3.63) is 12.4 Å². The molecule has 0 amide bonds. The lowest BCUT2D eigenvalue weighted by atomic mass is 9.82. The molecule has 1 fully saturated rings. The zero-order valence-electron chi connectivity index (χ0n) is 10.00. The number of rotatable bonds is 1. The molecule has 0 atom stereocenters. The Hall–Kier alpha value is -0.805. The van der Waals surface area contributed by atoms with Crippen LogP contribution in [0.2, 0.25) is 0 Å². The van der Waals surface area contributed by atoms with Gasteiger partial charge in [0.25, 0.3) is 0 Å². The van der Waals surface area contributed by atoms with E-state index in [1.54, 1.807) is 0 Å². The number of hydrogen-bond donors (Lipinski definition) is 1. The summed E-state index contributed by atoms with van der Waals surface area (Å²) in [6.07, 6.45) is 3.88. The Morgan fingerprint density at radius 2 is 1.73 bits per heavy atom. The van der Waals surface area contributed by atoms with Gasteiger partial charge in [-0.1, -0.05) is 0 Å². The van der Waals surface area contributed by atoms with E-state index >= 15 is 0 Å². The highest BCUT2D eigenvalue weighted by Gasteiger charge is 2.52. The summed E-state index contributed by atoms with van der Waals surface area (Å²) in [7, 11) is 1.67. The van der Waals surface area contributed by atoms with Gasteiger partial charge in [0.15, 0.2) is 13.2 Å². The summed E-state index contributed by atoms with van der Waals surface area (Å²) >= 11 is 0. The predicted octanol–water partition coefficient (Wildman–Crippen LogP) is 0.138. The summed E-state index contributed by atoms with van der Waals surface area (Å²) in [5, 5.41) is 3.06. The van der Waals surface area contributed by atoms with Crippen LogP contribution in [0.5, 0.6) is 0 Å². The summed E-state index contributed by atoms with van der Waals surface area (Å²) in [6.45, 7) is 8.22. The number of aryl methyl sites for hydroxylation is 1. The van der Waals surface area contributed by atoms with Crippen LogP contribution < -0.4 is 10.1 Å². The van der Waals surface area contributed by atoms with E-state index < -0.39 is 0 Å². The Kier molecular flexibility index (Phi) is 2.21. The summed E-state index contributed by atoms with van der Waals surface area (Å²) in [4.78, 5) is 0. The molecule has 1 saturated heterocycles. The number of aromatic amines is 1. The van der Waals surface area contributed by atoms with E-state index in [1.165, 1.54) is 0 Å². The van der Waals surface area contributed by atoms with Gasteiger partial charge in [-0.05, 0) is 27.7 Å². The normalized spacial score (nSPS) is 23.4. The van der Waals surface area contributed by atoms with Gasteiger partial charge in [0, 0.05) is 0 Å². The van der Waals surface area contributed by atoms with Crippen LogP contribution in [0, 0.1) is 0 Å². The molecule has 82 valence electrons. The maximum Gasteiger partial charge on any atom is 0.502 e. The van der Waals surface area contributed by atoms with E-state index in [-0.39, 0.29) is 18.3 Å². The molecule has 0 aliphatic carbocycles. The summed E-state index contributed by atoms with van der Waals surface area (Å²) in [6, 6.07) is 0. The maximum absolute atomic E-state index is 5.91. The second kappa shape index (κ2) is 3.09. The molecule has 0 unspecified atom stereocenters. The smallest absolute Gasteiger partial charge is 0.399 e. The third-order valence-electron chi connectivity index (χ3n) is 3.30. The first-order chi connectivity index (χ1) is 6.82. The van der Waals surface area contributed by atoms with Crippen LogP contribution in [0.1, 0.15) is 27.7 Å². The standard InChI is InChI=1S/C10H17BN2O2/c1-9(2)10(3,4)15-11(14-9)8-6-12-13(5)7-8/h6-7H,1-5H3/p+1. The van der Waals surface area contributed by atoms with Crippen molar-refractivity contribution in [1.82, 2.24) is 5.10 Å². The Balaban J connectivity index is 2.23. The molecule has 1 N–H and O–H groups in total. The van der Waals surface area contributed by atoms with Crippen LogP contribution in [-0.4, -0.2) is 23.4 Å². The number of nitrogens with one attached hydrogen (secondary N) is 1. The number of hydrogen-bond acceptors (Lipinski definition) is 2. The summed E-state index contributed by atoms with van der Waals surface area (Å²) < 4.78 is 13.7. The van der Waals surface area contributed by atoms with Gasteiger partial charge in [-0.15, -0.1) is 4.68 Å². The van der Waals surface area contributed by atoms with Crippen molar-refractivity contribution < 1.29 is 14.0 Å². The number of aromatic nitrogens is 2. The van der Waals surface area contributed by atoms with Crippen LogP contribution in [0.3, 0.4) is 0 Å². The quantitative estimate of drug-likeness (QED) is 0.527. The molecule has 2 rings (SSSR count). The van der Waals surface area contributed by atoms with Crippen LogP contribution >= 0.6 is 0 Å². The molecular formula is C10H18BN2O2+. The topological polar surface area (TPSA) is 38.1 Å². The molecule has 0 bridgehead atoms. The molecule has 15 heavy (non-hydrogen) atoms. The minimum atomic E-state index is -0.271. The Bertz CT molecular complexity index is 357. The van der Waals surface area contributed by atoms with E-state index in [9.17, 15) is 0 Å². The van der Waals surface area contributed by atoms with Gasteiger partial charge in [-0.25, -0.2) is 0 Å². The lowest BCUT2D eigenvalue weighted by Gasteiger charge is -2.32. The number of H-pyrrole nitrogens is 1. The Morgan fingerprint density at radius 3 is 2.13 bits per heavy atom. The largest absolute Gasteiger partial charge is 0.502 e. The highest BCUT2D eigenvalue weighted by Crippen LogP contribution is 2.36. The van der Waals surface area contributed by atoms with Crippen molar-refractivity contribution in [3.63, 3.8) is 0 Å². The number of nitrogens with zero attached hydrogens (tertiary/aromatic N) is 1. The fraction of sp³-hybridized carbons (Fsp3) is 0.700. The summed E-state index contributed by atoms with van der Waals surface area (Å²) in [5.41, 5.74) is 0.484. The molecule has 1 aromatic rings. The zero-order chi connectivity index (χ0) is 11.3. The first-order valence-electron chi connectivity index (χ1n) is 5.21. The highest BCUT2D eigenvalue weighted by molar-refractivity contribution is 6.61. The van der Waals surface area contributed by atoms with Gasteiger partial charge >= 0.3 is 7.12 Å². The van der Waals surface area contributed by atoms with Gasteiger partial charge < -0.3 is 9.31 Å². The third-order valence-corrected chi connectivity index (χ3v) is 3.30. The van der Waals surface area contributed by atoms with E-state index in [0.717, 1.165) is 5.46 Å². The lowest BCUT2D eigenvalue weighted by Crippen LogP contribution is -2.41. The molecule has 0 spiro atoms. The fourth-order valence-corrected chi connectivity index (χ4v) is 1.58. The maximum atomic E-state index is 5.91. The van der Waals surface area contributed by atoms with Crippen molar-refractivity contribution in [1.29, 1.82) is 0 Å². The van der Waals surface area contributed by atoms with Gasteiger partial charge in [-0.3, -0.25) is 0 Å². The van der Waals surface area contributed by atoms with Gasteiger partial charge in [0.1, 0.15) is 0 Å². The SMILES string of the molecule is C[n+]1cc(B2OC(C)(C)C(C)(C)O2)c[nH]1. The summed E-state index contributed by atoms with van der Waals surface area (Å²) in [5.74, 6) is 0. The first-order valence-corrected chi connectivity index (χ1v) is 5.21. The van der Waals surface area contributed by atoms with Gasteiger partial charge in [-0.2, -0.15) is 5.10 Å². The molecule has 1 aliphatic heterocycles. The van der Waals surface area contributed by atoms with E-state index in [0.29, 0.717) is 0 Å². The molecule has 2 heterocycles. The second-order valence-corrected chi connectivity index (χ2v) is 5.10. The minimum Gasteiger partial charge on any atom is -0.399 e. The van der Waals surface area contributed by atoms with Gasteiger partial charge in [0.2, 0.25) is 0 Å². The fourth-order valence-electron chi connectivity index (χ4n) is 1.58. The predicted molar refractivity (Wildman–Crippen MR) is 57.7 cm³/mol. The molecule has 4 nitrogen and oxygen atoms in total. The lowest BCUT2D eigenvalue weighted by molar-refractivity contribution is -0.726. The van der Waals surface area contributed by atoms with E-state index in [4.69, 9.17) is 9.31 Å². The molecule has 1 aromatic heterocycles. The molecule has 0 saturated carbocycles. The van der Waals surface area contributed by atoms with Crippen molar-refractivity contribution in [3.8, 4) is 0 Å². The molecular weight excluding hydrogens is 191 g/mol. The molecule has 0 radical (unpaired) electrons. The van der Waals surface area contributed by atoms with Crippen LogP contribution in [-0.2, 0) is 16.4 Å². The van der Waals surface area contributed by atoms with Crippen molar-refractivity contribution >= 4 is 12.6 Å². The molecule has 5 heteroatoms. The average molecular weight is 209 g/mol. The molecule has 0 aromatic carbocycles. The van der Waals surface area contributed by atoms with E-state index in [2.05, 4.69) is 32.8 Å². The van der Waals surface area contributed by atoms with Crippen molar-refractivity contribution in [2.75, 3.05) is 0 Å².